The van der Waals surface area contributed by atoms with Crippen LogP contribution in [-0.4, -0.2) is 64.1 Å². The Balaban J connectivity index is 1.71. The zero-order valence-corrected chi connectivity index (χ0v) is 12.6. The van der Waals surface area contributed by atoms with Crippen LogP contribution in [0.15, 0.2) is 23.0 Å². The number of nitrogens with zero attached hydrogens (tertiary/aromatic N) is 5. The zero-order valence-electron chi connectivity index (χ0n) is 12.6. The number of piperazine rings is 1. The minimum absolute atomic E-state index is 0.0742. The summed E-state index contributed by atoms with van der Waals surface area (Å²) in [4.78, 5) is 24.7. The van der Waals surface area contributed by atoms with E-state index in [1.165, 1.54) is 6.33 Å². The van der Waals surface area contributed by atoms with Crippen LogP contribution in [0.5, 0.6) is 0 Å². The van der Waals surface area contributed by atoms with Gasteiger partial charge in [-0.2, -0.15) is 0 Å². The molecule has 0 unspecified atom stereocenters. The van der Waals surface area contributed by atoms with E-state index in [1.807, 2.05) is 4.90 Å². The molecular formula is C14H18N6O2. The summed E-state index contributed by atoms with van der Waals surface area (Å²) in [7, 11) is 2.05. The van der Waals surface area contributed by atoms with Gasteiger partial charge < -0.3 is 19.6 Å². The molecule has 3 heterocycles. The van der Waals surface area contributed by atoms with Crippen LogP contribution in [0.3, 0.4) is 0 Å². The molecule has 3 rings (SSSR count). The van der Waals surface area contributed by atoms with E-state index in [0.717, 1.165) is 13.1 Å². The third-order valence-electron chi connectivity index (χ3n) is 3.56. The fourth-order valence-corrected chi connectivity index (χ4v) is 2.27. The molecule has 2 aromatic heterocycles. The second kappa shape index (κ2) is 6.10. The van der Waals surface area contributed by atoms with E-state index in [2.05, 4.69) is 32.4 Å². The van der Waals surface area contributed by atoms with Gasteiger partial charge in [0.1, 0.15) is 23.6 Å². The highest BCUT2D eigenvalue weighted by atomic mass is 16.5. The van der Waals surface area contributed by atoms with E-state index in [-0.39, 0.29) is 5.91 Å². The first-order valence-electron chi connectivity index (χ1n) is 7.12. The molecular weight excluding hydrogens is 284 g/mol. The number of carbonyl (C=O) groups is 1. The molecule has 8 heteroatoms. The number of aromatic nitrogens is 3. The molecule has 0 atom stereocenters. The van der Waals surface area contributed by atoms with Crippen LogP contribution in [0.2, 0.25) is 0 Å². The summed E-state index contributed by atoms with van der Waals surface area (Å²) < 4.78 is 4.98. The summed E-state index contributed by atoms with van der Waals surface area (Å²) in [5, 5.41) is 6.83. The van der Waals surface area contributed by atoms with Crippen LogP contribution >= 0.6 is 0 Å². The highest BCUT2D eigenvalue weighted by molar-refractivity contribution is 5.93. The Labute approximate surface area is 128 Å². The predicted octanol–water partition coefficient (Wildman–Crippen LogP) is 0.904. The first-order chi connectivity index (χ1) is 10.6. The number of nitrogens with one attached hydrogen (secondary N) is 1. The molecule has 1 saturated heterocycles. The summed E-state index contributed by atoms with van der Waals surface area (Å²) in [5.74, 6) is 1.69. The van der Waals surface area contributed by atoms with Crippen molar-refractivity contribution in [1.29, 1.82) is 0 Å². The van der Waals surface area contributed by atoms with E-state index in [4.69, 9.17) is 4.52 Å². The molecule has 2 aromatic rings. The van der Waals surface area contributed by atoms with Crippen molar-refractivity contribution in [1.82, 2.24) is 24.9 Å². The van der Waals surface area contributed by atoms with Crippen LogP contribution < -0.4 is 5.32 Å². The maximum Gasteiger partial charge on any atom is 0.272 e. The Hall–Kier alpha value is -2.48. The number of amides is 1. The van der Waals surface area contributed by atoms with Gasteiger partial charge in [-0.15, -0.1) is 0 Å². The first-order valence-corrected chi connectivity index (χ1v) is 7.12. The van der Waals surface area contributed by atoms with Gasteiger partial charge in [-0.1, -0.05) is 5.16 Å². The normalized spacial score (nSPS) is 15.8. The molecule has 1 N–H and O–H groups in total. The molecule has 0 aliphatic carbocycles. The van der Waals surface area contributed by atoms with Crippen molar-refractivity contribution in [3.63, 3.8) is 0 Å². The van der Waals surface area contributed by atoms with Crippen LogP contribution in [0.25, 0.3) is 0 Å². The molecule has 0 bridgehead atoms. The van der Waals surface area contributed by atoms with E-state index >= 15 is 0 Å². The molecule has 0 aromatic carbocycles. The van der Waals surface area contributed by atoms with E-state index in [1.54, 1.807) is 19.1 Å². The maximum absolute atomic E-state index is 12.5. The lowest BCUT2D eigenvalue weighted by atomic mass is 10.2. The number of hydrogen-bond acceptors (Lipinski definition) is 7. The smallest absolute Gasteiger partial charge is 0.272 e. The quantitative estimate of drug-likeness (QED) is 0.901. The average molecular weight is 302 g/mol. The Bertz CT molecular complexity index is 663. The van der Waals surface area contributed by atoms with Crippen molar-refractivity contribution in [2.45, 2.75) is 6.92 Å². The fraction of sp³-hybridized carbons (Fsp3) is 0.429. The van der Waals surface area contributed by atoms with Crippen molar-refractivity contribution in [2.24, 2.45) is 0 Å². The van der Waals surface area contributed by atoms with Crippen molar-refractivity contribution in [3.05, 3.63) is 29.9 Å². The lowest BCUT2D eigenvalue weighted by Crippen LogP contribution is -2.47. The molecule has 1 fully saturated rings. The summed E-state index contributed by atoms with van der Waals surface area (Å²) in [6.45, 7) is 4.98. The molecule has 1 amide bonds. The summed E-state index contributed by atoms with van der Waals surface area (Å²) in [6.07, 6.45) is 1.37. The lowest BCUT2D eigenvalue weighted by molar-refractivity contribution is 0.0658. The Kier molecular flexibility index (Phi) is 4.01. The highest BCUT2D eigenvalue weighted by Crippen LogP contribution is 2.15. The second-order valence-electron chi connectivity index (χ2n) is 5.33. The van der Waals surface area contributed by atoms with Gasteiger partial charge in [0.25, 0.3) is 5.91 Å². The minimum Gasteiger partial charge on any atom is -0.360 e. The summed E-state index contributed by atoms with van der Waals surface area (Å²) in [6, 6.07) is 3.38. The van der Waals surface area contributed by atoms with Crippen molar-refractivity contribution in [3.8, 4) is 0 Å². The standard InChI is InChI=1S/C14H18N6O2/c1-10-7-13(18-22-10)17-12-8-11(15-9-16-12)14(21)20-5-3-19(2)4-6-20/h7-9H,3-6H2,1-2H3,(H,15,16,17,18). The first kappa shape index (κ1) is 14.5. The van der Waals surface area contributed by atoms with E-state index < -0.39 is 0 Å². The Morgan fingerprint density at radius 3 is 2.64 bits per heavy atom. The van der Waals surface area contributed by atoms with Gasteiger partial charge in [0.15, 0.2) is 5.82 Å². The average Bonchev–Trinajstić information content (AvgIpc) is 2.93. The molecule has 0 spiro atoms. The Morgan fingerprint density at radius 1 is 1.18 bits per heavy atom. The molecule has 8 nitrogen and oxygen atoms in total. The van der Waals surface area contributed by atoms with Crippen LogP contribution in [-0.2, 0) is 0 Å². The van der Waals surface area contributed by atoms with Gasteiger partial charge in [-0.25, -0.2) is 9.97 Å². The largest absolute Gasteiger partial charge is 0.360 e. The number of hydrogen-bond donors (Lipinski definition) is 1. The SMILES string of the molecule is Cc1cc(Nc2cc(C(=O)N3CCN(C)CC3)ncn2)no1. The van der Waals surface area contributed by atoms with E-state index in [9.17, 15) is 4.79 Å². The molecule has 0 saturated carbocycles. The molecule has 1 aliphatic heterocycles. The second-order valence-corrected chi connectivity index (χ2v) is 5.33. The third-order valence-corrected chi connectivity index (χ3v) is 3.56. The van der Waals surface area contributed by atoms with Crippen molar-refractivity contribution in [2.75, 3.05) is 38.5 Å². The topological polar surface area (TPSA) is 87.4 Å². The summed E-state index contributed by atoms with van der Waals surface area (Å²) in [5.41, 5.74) is 0.377. The lowest BCUT2D eigenvalue weighted by Gasteiger charge is -2.32. The van der Waals surface area contributed by atoms with Crippen molar-refractivity contribution >= 4 is 17.5 Å². The van der Waals surface area contributed by atoms with Crippen LogP contribution in [0.1, 0.15) is 16.2 Å². The van der Waals surface area contributed by atoms with Gasteiger partial charge in [0.2, 0.25) is 0 Å². The van der Waals surface area contributed by atoms with Crippen LogP contribution in [0, 0.1) is 6.92 Å². The van der Waals surface area contributed by atoms with Gasteiger partial charge in [0, 0.05) is 38.3 Å². The monoisotopic (exact) mass is 302 g/mol. The third kappa shape index (κ3) is 3.22. The van der Waals surface area contributed by atoms with Gasteiger partial charge in [-0.05, 0) is 14.0 Å². The number of carbonyl (C=O) groups excluding carboxylic acids is 1. The highest BCUT2D eigenvalue weighted by Gasteiger charge is 2.21. The van der Waals surface area contributed by atoms with Gasteiger partial charge in [0.05, 0.1) is 0 Å². The predicted molar refractivity (Wildman–Crippen MR) is 80.0 cm³/mol. The molecule has 116 valence electrons. The van der Waals surface area contributed by atoms with Gasteiger partial charge in [-0.3, -0.25) is 4.79 Å². The minimum atomic E-state index is -0.0742. The summed E-state index contributed by atoms with van der Waals surface area (Å²) >= 11 is 0. The van der Waals surface area contributed by atoms with Gasteiger partial charge >= 0.3 is 0 Å². The molecule has 22 heavy (non-hydrogen) atoms. The van der Waals surface area contributed by atoms with E-state index in [0.29, 0.717) is 36.2 Å². The molecule has 1 aliphatic rings. The number of likely N-dealkylation sites (N-methyl/N-ethyl adjacent to an activating group) is 1. The number of aryl methyl sites for hydroxylation is 1. The van der Waals surface area contributed by atoms with Crippen LogP contribution in [0.4, 0.5) is 11.6 Å². The molecule has 0 radical (unpaired) electrons. The number of anilines is 2. The number of rotatable bonds is 3. The maximum atomic E-state index is 12.5. The Morgan fingerprint density at radius 2 is 1.95 bits per heavy atom. The van der Waals surface area contributed by atoms with Crippen molar-refractivity contribution < 1.29 is 9.32 Å². The zero-order chi connectivity index (χ0) is 15.5. The fourth-order valence-electron chi connectivity index (χ4n) is 2.27.